The standard InChI is InChI=1S/C40H53ClN6O15/c1-23(48)46-32-26(49)21-40(39(58)59,62-38(32)35(55)27(50)22-45-29(52)20-24-6-8-25(41)9-7-24)61-17-5-3-2-4-13-43-33-34(37(57)36(33)56)44-15-19-60-18-14-42-28(51)12-16-47-30(53)10-11-31(47)54/h6-11,26-27,32,35,38,43-44,49-50,55H,2-5,12-22H2,1H3,(H,42,51)(H,45,52)(H,46,48)(H,58,59)/t26-,27+,32+,35+,38+,40+/m0/s1. The van der Waals surface area contributed by atoms with E-state index in [9.17, 15) is 58.8 Å². The fraction of sp³-hybridized carbons (Fsp3) is 0.550. The Morgan fingerprint density at radius 2 is 1.50 bits per heavy atom. The first-order chi connectivity index (χ1) is 29.5. The second-order valence-corrected chi connectivity index (χ2v) is 15.1. The van der Waals surface area contributed by atoms with Crippen LogP contribution in [0.25, 0.3) is 0 Å². The van der Waals surface area contributed by atoms with Gasteiger partial charge >= 0.3 is 5.97 Å². The second kappa shape index (κ2) is 23.8. The quantitative estimate of drug-likeness (QED) is 0.0274. The molecule has 5 amide bonds. The van der Waals surface area contributed by atoms with E-state index in [2.05, 4.69) is 26.6 Å². The Morgan fingerprint density at radius 1 is 0.871 bits per heavy atom. The minimum Gasteiger partial charge on any atom is -0.477 e. The Bertz CT molecular complexity index is 1970. The van der Waals surface area contributed by atoms with Crippen molar-refractivity contribution >= 4 is 58.5 Å². The van der Waals surface area contributed by atoms with Gasteiger partial charge in [0.2, 0.25) is 17.7 Å². The summed E-state index contributed by atoms with van der Waals surface area (Å²) >= 11 is 5.88. The van der Waals surface area contributed by atoms with E-state index >= 15 is 0 Å². The zero-order valence-corrected chi connectivity index (χ0v) is 34.8. The lowest BCUT2D eigenvalue weighted by Gasteiger charge is -2.46. The van der Waals surface area contributed by atoms with Crippen LogP contribution in [0, 0.1) is 0 Å². The SMILES string of the molecule is CC(=O)N[C@H]1[C@H]([C@H](O)[C@H](O)CNC(=O)Cc2ccc(Cl)cc2)O[C@@](OCCCCCCNc2c(NCCOCCNC(=O)CCN3C(=O)C=CC3=O)c(=O)c2=O)(C(=O)O)C[C@@H]1O. The molecule has 1 saturated heterocycles. The molecule has 21 nitrogen and oxygen atoms in total. The number of aliphatic hydroxyl groups excluding tert-OH is 3. The summed E-state index contributed by atoms with van der Waals surface area (Å²) in [6, 6.07) is 5.17. The first kappa shape index (κ1) is 49.4. The highest BCUT2D eigenvalue weighted by atomic mass is 35.5. The Morgan fingerprint density at radius 3 is 2.15 bits per heavy atom. The van der Waals surface area contributed by atoms with Crippen LogP contribution in [-0.4, -0.2) is 150 Å². The molecule has 340 valence electrons. The highest BCUT2D eigenvalue weighted by Crippen LogP contribution is 2.34. The number of carboxylic acid groups (broad SMARTS) is 1. The number of aliphatic carboxylic acids is 1. The van der Waals surface area contributed by atoms with Gasteiger partial charge in [-0.25, -0.2) is 4.79 Å². The molecule has 4 rings (SSSR count). The molecule has 2 aliphatic rings. The highest BCUT2D eigenvalue weighted by molar-refractivity contribution is 6.30. The Balaban J connectivity index is 1.14. The molecule has 2 aromatic rings. The topological polar surface area (TPSA) is 309 Å². The van der Waals surface area contributed by atoms with Crippen LogP contribution in [0.5, 0.6) is 0 Å². The molecule has 2 heterocycles. The predicted molar refractivity (Wildman–Crippen MR) is 221 cm³/mol. The van der Waals surface area contributed by atoms with Crippen molar-refractivity contribution in [3.63, 3.8) is 0 Å². The van der Waals surface area contributed by atoms with Gasteiger partial charge in [0, 0.05) is 69.7 Å². The number of halogens is 1. The summed E-state index contributed by atoms with van der Waals surface area (Å²) < 4.78 is 16.9. The number of imide groups is 1. The van der Waals surface area contributed by atoms with Gasteiger partial charge in [0.25, 0.3) is 28.5 Å². The molecule has 0 aliphatic carbocycles. The number of amides is 5. The number of carbonyl (C=O) groups excluding carboxylic acids is 5. The van der Waals surface area contributed by atoms with Gasteiger partial charge in [0.15, 0.2) is 0 Å². The van der Waals surface area contributed by atoms with Gasteiger partial charge in [0.1, 0.15) is 23.6 Å². The fourth-order valence-corrected chi connectivity index (χ4v) is 6.81. The third-order valence-corrected chi connectivity index (χ3v) is 10.2. The van der Waals surface area contributed by atoms with E-state index in [1.165, 1.54) is 0 Å². The van der Waals surface area contributed by atoms with Gasteiger partial charge in [0.05, 0.1) is 44.5 Å². The van der Waals surface area contributed by atoms with Crippen LogP contribution in [-0.2, 0) is 49.4 Å². The summed E-state index contributed by atoms with van der Waals surface area (Å²) in [6.45, 7) is 1.55. The number of carbonyl (C=O) groups is 6. The molecule has 22 heteroatoms. The Kier molecular flexibility index (Phi) is 18.9. The number of aliphatic hydroxyl groups is 3. The lowest BCUT2D eigenvalue weighted by atomic mass is 9.88. The van der Waals surface area contributed by atoms with E-state index in [0.717, 1.165) is 24.0 Å². The van der Waals surface area contributed by atoms with E-state index in [1.807, 2.05) is 0 Å². The number of hydrogen-bond donors (Lipinski definition) is 9. The minimum absolute atomic E-state index is 0.0296. The molecule has 6 atom stereocenters. The molecule has 0 saturated carbocycles. The van der Waals surface area contributed by atoms with Crippen molar-refractivity contribution in [2.75, 3.05) is 63.2 Å². The lowest BCUT2D eigenvalue weighted by Crippen LogP contribution is -2.68. The molecule has 2 aromatic carbocycles. The van der Waals surface area contributed by atoms with Crippen LogP contribution < -0.4 is 37.4 Å². The average molecular weight is 893 g/mol. The number of unbranched alkanes of at least 4 members (excludes halogenated alkanes) is 3. The third-order valence-electron chi connectivity index (χ3n) is 9.98. The molecule has 2 aliphatic heterocycles. The van der Waals surface area contributed by atoms with E-state index in [1.54, 1.807) is 24.3 Å². The van der Waals surface area contributed by atoms with Crippen LogP contribution in [0.3, 0.4) is 0 Å². The van der Waals surface area contributed by atoms with Crippen molar-refractivity contribution < 1.29 is 63.4 Å². The molecular weight excluding hydrogens is 840 g/mol. The van der Waals surface area contributed by atoms with Crippen molar-refractivity contribution in [1.29, 1.82) is 0 Å². The van der Waals surface area contributed by atoms with Gasteiger partial charge < -0.3 is 61.2 Å². The number of nitrogens with one attached hydrogen (secondary N) is 5. The maximum Gasteiger partial charge on any atom is 0.364 e. The number of carboxylic acids is 1. The third kappa shape index (κ3) is 14.1. The first-order valence-corrected chi connectivity index (χ1v) is 20.5. The zero-order valence-electron chi connectivity index (χ0n) is 34.1. The molecule has 0 unspecified atom stereocenters. The summed E-state index contributed by atoms with van der Waals surface area (Å²) in [5.74, 6) is -6.46. The summed E-state index contributed by atoms with van der Waals surface area (Å²) in [5, 5.41) is 56.9. The predicted octanol–water partition coefficient (Wildman–Crippen LogP) is -1.70. The lowest BCUT2D eigenvalue weighted by molar-refractivity contribution is -0.310. The second-order valence-electron chi connectivity index (χ2n) is 14.7. The summed E-state index contributed by atoms with van der Waals surface area (Å²) in [4.78, 5) is 97.3. The van der Waals surface area contributed by atoms with Crippen molar-refractivity contribution in [2.24, 2.45) is 0 Å². The van der Waals surface area contributed by atoms with Crippen LogP contribution in [0.1, 0.15) is 51.0 Å². The number of nitrogens with zero attached hydrogens (tertiary/aromatic N) is 1. The van der Waals surface area contributed by atoms with E-state index in [-0.39, 0.29) is 69.6 Å². The molecule has 0 radical (unpaired) electrons. The van der Waals surface area contributed by atoms with E-state index in [4.69, 9.17) is 25.8 Å². The maximum absolute atomic E-state index is 12.5. The van der Waals surface area contributed by atoms with Crippen LogP contribution in [0.2, 0.25) is 5.02 Å². The molecule has 62 heavy (non-hydrogen) atoms. The summed E-state index contributed by atoms with van der Waals surface area (Å²) in [5.41, 5.74) is -0.424. The van der Waals surface area contributed by atoms with Crippen molar-refractivity contribution in [2.45, 2.75) is 88.1 Å². The maximum atomic E-state index is 12.5. The van der Waals surface area contributed by atoms with Gasteiger partial charge in [-0.3, -0.25) is 38.5 Å². The molecular formula is C40H53ClN6O15. The molecule has 9 N–H and O–H groups in total. The van der Waals surface area contributed by atoms with Crippen LogP contribution in [0.4, 0.5) is 11.4 Å². The Hall–Kier alpha value is -5.29. The van der Waals surface area contributed by atoms with Crippen molar-refractivity contribution in [3.8, 4) is 0 Å². The number of hydrogen-bond acceptors (Lipinski definition) is 16. The molecule has 0 aromatic heterocycles. The number of anilines is 2. The average Bonchev–Trinajstić information content (AvgIpc) is 3.56. The smallest absolute Gasteiger partial charge is 0.364 e. The highest BCUT2D eigenvalue weighted by Gasteiger charge is 2.55. The van der Waals surface area contributed by atoms with Gasteiger partial charge in [-0.1, -0.05) is 36.6 Å². The zero-order chi connectivity index (χ0) is 45.4. The number of ether oxygens (including phenoxy) is 3. The molecule has 1 fully saturated rings. The first-order valence-electron chi connectivity index (χ1n) is 20.1. The molecule has 0 spiro atoms. The summed E-state index contributed by atoms with van der Waals surface area (Å²) in [7, 11) is 0. The van der Waals surface area contributed by atoms with E-state index in [0.29, 0.717) is 42.8 Å². The van der Waals surface area contributed by atoms with E-state index < -0.39 is 89.7 Å². The van der Waals surface area contributed by atoms with Gasteiger partial charge in [-0.15, -0.1) is 0 Å². The number of benzene rings is 1. The van der Waals surface area contributed by atoms with Crippen molar-refractivity contribution in [1.82, 2.24) is 20.9 Å². The van der Waals surface area contributed by atoms with Crippen LogP contribution >= 0.6 is 11.6 Å². The fourth-order valence-electron chi connectivity index (χ4n) is 6.68. The number of rotatable bonds is 27. The normalized spacial score (nSPS) is 20.8. The largest absolute Gasteiger partial charge is 0.477 e. The van der Waals surface area contributed by atoms with Gasteiger partial charge in [-0.05, 0) is 30.5 Å². The molecule has 0 bridgehead atoms. The monoisotopic (exact) mass is 892 g/mol. The Labute approximate surface area is 360 Å². The van der Waals surface area contributed by atoms with Crippen molar-refractivity contribution in [3.05, 3.63) is 67.5 Å². The van der Waals surface area contributed by atoms with Crippen LogP contribution in [0.15, 0.2) is 46.0 Å². The summed E-state index contributed by atoms with van der Waals surface area (Å²) in [6.07, 6.45) is -3.24. The van der Waals surface area contributed by atoms with Gasteiger partial charge in [-0.2, -0.15) is 0 Å². The minimum atomic E-state index is -2.45.